The average molecular weight is 322 g/mol. The number of carbonyl (C=O) groups excluding carboxylic acids is 2. The SMILES string of the molecule is CN1C(=O)NC(=O)C2C1N=C1N(CCN3CCOCC3)CCN12. The van der Waals surface area contributed by atoms with Gasteiger partial charge in [-0.2, -0.15) is 0 Å². The van der Waals surface area contributed by atoms with Gasteiger partial charge in [-0.15, -0.1) is 0 Å². The zero-order chi connectivity index (χ0) is 16.0. The summed E-state index contributed by atoms with van der Waals surface area (Å²) in [6, 6.07) is -0.761. The van der Waals surface area contributed by atoms with Crippen molar-refractivity contribution in [1.29, 1.82) is 0 Å². The highest BCUT2D eigenvalue weighted by atomic mass is 16.5. The molecule has 3 amide bonds. The van der Waals surface area contributed by atoms with Gasteiger partial charge in [0, 0.05) is 46.3 Å². The Morgan fingerprint density at radius 1 is 1.17 bits per heavy atom. The number of urea groups is 1. The zero-order valence-electron chi connectivity index (χ0n) is 13.3. The monoisotopic (exact) mass is 322 g/mol. The Morgan fingerprint density at radius 2 is 1.96 bits per heavy atom. The van der Waals surface area contributed by atoms with E-state index in [1.54, 1.807) is 7.05 Å². The summed E-state index contributed by atoms with van der Waals surface area (Å²) >= 11 is 0. The first kappa shape index (κ1) is 14.7. The smallest absolute Gasteiger partial charge is 0.325 e. The normalized spacial score (nSPS) is 31.2. The maximum atomic E-state index is 12.2. The summed E-state index contributed by atoms with van der Waals surface area (Å²) in [6.45, 7) is 7.02. The van der Waals surface area contributed by atoms with Gasteiger partial charge in [-0.25, -0.2) is 9.79 Å². The van der Waals surface area contributed by atoms with Crippen LogP contribution in [0.5, 0.6) is 0 Å². The fourth-order valence-electron chi connectivity index (χ4n) is 3.64. The maximum Gasteiger partial charge on any atom is 0.325 e. The molecule has 9 nitrogen and oxygen atoms in total. The lowest BCUT2D eigenvalue weighted by Gasteiger charge is -2.34. The number of hydrogen-bond donors (Lipinski definition) is 1. The third kappa shape index (κ3) is 2.43. The number of ether oxygens (including phenoxy) is 1. The molecule has 0 bridgehead atoms. The molecule has 0 aliphatic carbocycles. The average Bonchev–Trinajstić information content (AvgIpc) is 3.11. The Kier molecular flexibility index (Phi) is 3.61. The number of amides is 3. The molecule has 0 aromatic carbocycles. The zero-order valence-corrected chi connectivity index (χ0v) is 13.3. The Balaban J connectivity index is 1.44. The summed E-state index contributed by atoms with van der Waals surface area (Å²) in [4.78, 5) is 36.7. The van der Waals surface area contributed by atoms with Gasteiger partial charge in [0.25, 0.3) is 5.91 Å². The van der Waals surface area contributed by atoms with E-state index < -0.39 is 6.17 Å². The van der Waals surface area contributed by atoms with Crippen molar-refractivity contribution in [2.75, 3.05) is 59.5 Å². The number of carbonyl (C=O) groups is 2. The fraction of sp³-hybridized carbons (Fsp3) is 0.786. The van der Waals surface area contributed by atoms with Crippen LogP contribution in [0.4, 0.5) is 4.79 Å². The molecule has 4 rings (SSSR count). The van der Waals surface area contributed by atoms with E-state index in [0.29, 0.717) is 0 Å². The van der Waals surface area contributed by atoms with Crippen LogP contribution in [-0.2, 0) is 9.53 Å². The summed E-state index contributed by atoms with van der Waals surface area (Å²) in [5.41, 5.74) is 0. The van der Waals surface area contributed by atoms with Crippen LogP contribution in [0.2, 0.25) is 0 Å². The van der Waals surface area contributed by atoms with Crippen LogP contribution in [0.1, 0.15) is 0 Å². The third-order valence-electron chi connectivity index (χ3n) is 5.02. The summed E-state index contributed by atoms with van der Waals surface area (Å²) in [6.07, 6.45) is -0.405. The first-order valence-electron chi connectivity index (χ1n) is 8.12. The van der Waals surface area contributed by atoms with E-state index in [9.17, 15) is 9.59 Å². The lowest BCUT2D eigenvalue weighted by Crippen LogP contribution is -2.63. The molecule has 9 heteroatoms. The second kappa shape index (κ2) is 5.64. The number of imide groups is 1. The minimum atomic E-state index is -0.405. The fourth-order valence-corrected chi connectivity index (χ4v) is 3.64. The number of morpholine rings is 1. The summed E-state index contributed by atoms with van der Waals surface area (Å²) in [7, 11) is 1.68. The topological polar surface area (TPSA) is 80.7 Å². The van der Waals surface area contributed by atoms with Crippen molar-refractivity contribution >= 4 is 17.9 Å². The third-order valence-corrected chi connectivity index (χ3v) is 5.02. The van der Waals surface area contributed by atoms with Gasteiger partial charge in [0.15, 0.2) is 18.2 Å². The molecule has 4 aliphatic heterocycles. The minimum absolute atomic E-state index is 0.244. The van der Waals surface area contributed by atoms with E-state index in [-0.39, 0.29) is 18.0 Å². The van der Waals surface area contributed by atoms with Gasteiger partial charge in [-0.05, 0) is 0 Å². The molecule has 4 heterocycles. The van der Waals surface area contributed by atoms with E-state index in [1.807, 2.05) is 4.90 Å². The van der Waals surface area contributed by atoms with Crippen molar-refractivity contribution < 1.29 is 14.3 Å². The molecule has 2 atom stereocenters. The first-order chi connectivity index (χ1) is 11.1. The van der Waals surface area contributed by atoms with Crippen LogP contribution in [0, 0.1) is 0 Å². The van der Waals surface area contributed by atoms with E-state index >= 15 is 0 Å². The van der Waals surface area contributed by atoms with Gasteiger partial charge in [0.05, 0.1) is 13.2 Å². The van der Waals surface area contributed by atoms with Crippen molar-refractivity contribution in [2.24, 2.45) is 4.99 Å². The lowest BCUT2D eigenvalue weighted by atomic mass is 10.1. The highest BCUT2D eigenvalue weighted by Gasteiger charge is 2.51. The molecule has 23 heavy (non-hydrogen) atoms. The molecular formula is C14H22N6O3. The van der Waals surface area contributed by atoms with Crippen molar-refractivity contribution in [1.82, 2.24) is 24.9 Å². The Morgan fingerprint density at radius 3 is 2.74 bits per heavy atom. The highest BCUT2D eigenvalue weighted by molar-refractivity contribution is 6.04. The quantitative estimate of drug-likeness (QED) is 0.659. The Hall–Kier alpha value is -1.87. The van der Waals surface area contributed by atoms with Gasteiger partial charge in [-0.3, -0.25) is 15.0 Å². The number of aliphatic imine (C=N–C) groups is 1. The van der Waals surface area contributed by atoms with Crippen molar-refractivity contribution in [3.8, 4) is 0 Å². The molecule has 2 unspecified atom stereocenters. The number of nitrogens with zero attached hydrogens (tertiary/aromatic N) is 5. The van der Waals surface area contributed by atoms with Gasteiger partial charge < -0.3 is 19.4 Å². The number of rotatable bonds is 3. The predicted octanol–water partition coefficient (Wildman–Crippen LogP) is -1.82. The molecule has 0 radical (unpaired) electrons. The van der Waals surface area contributed by atoms with Crippen LogP contribution < -0.4 is 5.32 Å². The van der Waals surface area contributed by atoms with Crippen LogP contribution in [-0.4, -0.2) is 109 Å². The molecule has 4 aliphatic rings. The van der Waals surface area contributed by atoms with E-state index in [1.165, 1.54) is 4.90 Å². The molecule has 1 N–H and O–H groups in total. The van der Waals surface area contributed by atoms with Crippen LogP contribution in [0.15, 0.2) is 4.99 Å². The minimum Gasteiger partial charge on any atom is -0.379 e. The molecule has 0 spiro atoms. The Bertz CT molecular complexity index is 547. The van der Waals surface area contributed by atoms with E-state index in [4.69, 9.17) is 4.74 Å². The van der Waals surface area contributed by atoms with Gasteiger partial charge in [0.2, 0.25) is 0 Å². The molecule has 3 fully saturated rings. The van der Waals surface area contributed by atoms with E-state index in [2.05, 4.69) is 20.1 Å². The maximum absolute atomic E-state index is 12.2. The molecule has 0 aromatic rings. The van der Waals surface area contributed by atoms with Crippen LogP contribution in [0.25, 0.3) is 0 Å². The molecule has 0 aromatic heterocycles. The van der Waals surface area contributed by atoms with Crippen LogP contribution >= 0.6 is 0 Å². The summed E-state index contributed by atoms with van der Waals surface area (Å²) in [5.74, 6) is 0.608. The van der Waals surface area contributed by atoms with Crippen molar-refractivity contribution in [3.05, 3.63) is 0 Å². The second-order valence-corrected chi connectivity index (χ2v) is 6.33. The largest absolute Gasteiger partial charge is 0.379 e. The summed E-state index contributed by atoms with van der Waals surface area (Å²) < 4.78 is 5.37. The standard InChI is InChI=1S/C14H22N6O3/c1-17-11-10(12(21)16-14(17)22)20-5-4-19(13(20)15-11)3-2-18-6-8-23-9-7-18/h10-11H,2-9H2,1H3,(H,16,21,22). The van der Waals surface area contributed by atoms with E-state index in [0.717, 1.165) is 58.4 Å². The molecule has 0 saturated carbocycles. The Labute approximate surface area is 134 Å². The summed E-state index contributed by atoms with van der Waals surface area (Å²) in [5, 5.41) is 2.40. The first-order valence-corrected chi connectivity index (χ1v) is 8.12. The highest BCUT2D eigenvalue weighted by Crippen LogP contribution is 2.28. The number of fused-ring (bicyclic) bond motifs is 3. The van der Waals surface area contributed by atoms with Gasteiger partial charge >= 0.3 is 6.03 Å². The second-order valence-electron chi connectivity index (χ2n) is 6.33. The van der Waals surface area contributed by atoms with Crippen molar-refractivity contribution in [3.63, 3.8) is 0 Å². The number of nitrogens with one attached hydrogen (secondary N) is 1. The number of hydrogen-bond acceptors (Lipinski definition) is 7. The molecule has 126 valence electrons. The molecular weight excluding hydrogens is 300 g/mol. The number of likely N-dealkylation sites (N-methyl/N-ethyl adjacent to an activating group) is 1. The van der Waals surface area contributed by atoms with Crippen LogP contribution in [0.3, 0.4) is 0 Å². The van der Waals surface area contributed by atoms with Gasteiger partial charge in [0.1, 0.15) is 0 Å². The lowest BCUT2D eigenvalue weighted by molar-refractivity contribution is -0.126. The predicted molar refractivity (Wildman–Crippen MR) is 81.9 cm³/mol. The molecule has 3 saturated heterocycles. The van der Waals surface area contributed by atoms with Crippen molar-refractivity contribution in [2.45, 2.75) is 12.2 Å². The van der Waals surface area contributed by atoms with Gasteiger partial charge in [-0.1, -0.05) is 0 Å². The number of guanidine groups is 1.